The monoisotopic (exact) mass is 183 g/mol. The molecule has 2 nitrogen and oxygen atoms in total. The molecule has 0 saturated heterocycles. The topological polar surface area (TPSA) is 44.0 Å². The summed E-state index contributed by atoms with van der Waals surface area (Å²) < 4.78 is 0. The van der Waals surface area contributed by atoms with Crippen molar-refractivity contribution >= 4 is 10.8 Å². The van der Waals surface area contributed by atoms with E-state index in [1.165, 1.54) is 0 Å². The van der Waals surface area contributed by atoms with Gasteiger partial charge >= 0.3 is 0 Å². The first-order valence-electron chi connectivity index (χ1n) is 4.35. The normalized spacial score (nSPS) is 10.0. The van der Waals surface area contributed by atoms with Crippen LogP contribution in [0.3, 0.4) is 0 Å². The zero-order valence-corrected chi connectivity index (χ0v) is 7.78. The summed E-state index contributed by atoms with van der Waals surface area (Å²) in [7, 11) is 0. The summed E-state index contributed by atoms with van der Waals surface area (Å²) in [6, 6.07) is 11.1. The van der Waals surface area contributed by atoms with E-state index in [0.717, 1.165) is 16.3 Å². The average molecular weight is 183 g/mol. The fourth-order valence-corrected chi connectivity index (χ4v) is 1.49. The Balaban J connectivity index is 2.83. The lowest BCUT2D eigenvalue weighted by Gasteiger charge is -2.03. The zero-order valence-electron chi connectivity index (χ0n) is 7.78. The van der Waals surface area contributed by atoms with Gasteiger partial charge in [0.25, 0.3) is 0 Å². The third-order valence-corrected chi connectivity index (χ3v) is 2.32. The Labute approximate surface area is 82.0 Å². The second kappa shape index (κ2) is 3.04. The van der Waals surface area contributed by atoms with E-state index in [0.29, 0.717) is 11.3 Å². The maximum atomic E-state index is 9.74. The number of aryl methyl sites for hydroxylation is 1. The lowest BCUT2D eigenvalue weighted by molar-refractivity contribution is 0.477. The highest BCUT2D eigenvalue weighted by molar-refractivity contribution is 5.90. The standard InChI is InChI=1S/C12H9NO/c1-8-2-4-10-6-9(7-13)3-5-11(10)12(8)14/h2-6,14H,1H3. The van der Waals surface area contributed by atoms with Gasteiger partial charge in [-0.05, 0) is 36.1 Å². The van der Waals surface area contributed by atoms with Crippen molar-refractivity contribution in [3.8, 4) is 11.8 Å². The lowest BCUT2D eigenvalue weighted by atomic mass is 10.0. The molecule has 0 bridgehead atoms. The molecule has 2 heteroatoms. The molecule has 2 aromatic rings. The second-order valence-corrected chi connectivity index (χ2v) is 3.28. The Morgan fingerprint density at radius 1 is 1.21 bits per heavy atom. The first kappa shape index (κ1) is 8.58. The highest BCUT2D eigenvalue weighted by Crippen LogP contribution is 2.28. The van der Waals surface area contributed by atoms with E-state index in [1.54, 1.807) is 18.2 Å². The summed E-state index contributed by atoms with van der Waals surface area (Å²) in [5.74, 6) is 0.298. The van der Waals surface area contributed by atoms with Crippen LogP contribution in [-0.2, 0) is 0 Å². The molecule has 0 radical (unpaired) electrons. The molecule has 0 amide bonds. The van der Waals surface area contributed by atoms with Crippen molar-refractivity contribution in [1.82, 2.24) is 0 Å². The molecule has 2 aromatic carbocycles. The summed E-state index contributed by atoms with van der Waals surface area (Å²) in [6.07, 6.45) is 0. The third-order valence-electron chi connectivity index (χ3n) is 2.32. The van der Waals surface area contributed by atoms with Crippen molar-refractivity contribution < 1.29 is 5.11 Å². The molecule has 0 atom stereocenters. The summed E-state index contributed by atoms with van der Waals surface area (Å²) in [6.45, 7) is 1.85. The SMILES string of the molecule is Cc1ccc2cc(C#N)ccc2c1O. The molecule has 14 heavy (non-hydrogen) atoms. The molecule has 0 aliphatic carbocycles. The number of nitriles is 1. The fourth-order valence-electron chi connectivity index (χ4n) is 1.49. The Morgan fingerprint density at radius 2 is 2.00 bits per heavy atom. The number of phenols is 1. The molecular formula is C12H9NO. The van der Waals surface area contributed by atoms with E-state index in [9.17, 15) is 5.11 Å². The van der Waals surface area contributed by atoms with E-state index < -0.39 is 0 Å². The quantitative estimate of drug-likeness (QED) is 0.682. The van der Waals surface area contributed by atoms with E-state index in [1.807, 2.05) is 19.1 Å². The minimum Gasteiger partial charge on any atom is -0.507 e. The maximum Gasteiger partial charge on any atom is 0.126 e. The molecule has 0 aromatic heterocycles. The molecule has 1 N–H and O–H groups in total. The van der Waals surface area contributed by atoms with Gasteiger partial charge in [0.2, 0.25) is 0 Å². The summed E-state index contributed by atoms with van der Waals surface area (Å²) in [5.41, 5.74) is 1.46. The second-order valence-electron chi connectivity index (χ2n) is 3.28. The molecule has 0 unspecified atom stereocenters. The Bertz CT molecular complexity index is 538. The molecule has 0 spiro atoms. The van der Waals surface area contributed by atoms with Gasteiger partial charge in [-0.2, -0.15) is 5.26 Å². The van der Waals surface area contributed by atoms with Gasteiger partial charge in [-0.3, -0.25) is 0 Å². The lowest BCUT2D eigenvalue weighted by Crippen LogP contribution is -1.80. The van der Waals surface area contributed by atoms with E-state index in [-0.39, 0.29) is 0 Å². The number of benzene rings is 2. The minimum absolute atomic E-state index is 0.298. The Hall–Kier alpha value is -2.01. The van der Waals surface area contributed by atoms with Crippen molar-refractivity contribution in [2.45, 2.75) is 6.92 Å². The van der Waals surface area contributed by atoms with Gasteiger partial charge < -0.3 is 5.11 Å². The fraction of sp³-hybridized carbons (Fsp3) is 0.0833. The van der Waals surface area contributed by atoms with Crippen molar-refractivity contribution in [3.63, 3.8) is 0 Å². The van der Waals surface area contributed by atoms with Crippen molar-refractivity contribution in [3.05, 3.63) is 41.5 Å². The summed E-state index contributed by atoms with van der Waals surface area (Å²) in [5, 5.41) is 20.1. The molecule has 0 aliphatic rings. The Morgan fingerprint density at radius 3 is 2.71 bits per heavy atom. The predicted molar refractivity (Wildman–Crippen MR) is 55.1 cm³/mol. The van der Waals surface area contributed by atoms with Crippen LogP contribution in [0, 0.1) is 18.3 Å². The molecule has 68 valence electrons. The van der Waals surface area contributed by atoms with Gasteiger partial charge in [0.15, 0.2) is 0 Å². The molecular weight excluding hydrogens is 174 g/mol. The Kier molecular flexibility index (Phi) is 1.86. The first-order chi connectivity index (χ1) is 6.72. The van der Waals surface area contributed by atoms with Gasteiger partial charge in [-0.25, -0.2) is 0 Å². The van der Waals surface area contributed by atoms with Crippen molar-refractivity contribution in [2.75, 3.05) is 0 Å². The summed E-state index contributed by atoms with van der Waals surface area (Å²) >= 11 is 0. The van der Waals surface area contributed by atoms with Crippen LogP contribution in [0.4, 0.5) is 0 Å². The van der Waals surface area contributed by atoms with Gasteiger partial charge in [0.1, 0.15) is 5.75 Å². The largest absolute Gasteiger partial charge is 0.507 e. The number of fused-ring (bicyclic) bond motifs is 1. The third kappa shape index (κ3) is 1.20. The van der Waals surface area contributed by atoms with Crippen LogP contribution in [0.25, 0.3) is 10.8 Å². The van der Waals surface area contributed by atoms with Gasteiger partial charge in [-0.15, -0.1) is 0 Å². The van der Waals surface area contributed by atoms with Gasteiger partial charge in [0.05, 0.1) is 11.6 Å². The highest BCUT2D eigenvalue weighted by atomic mass is 16.3. The van der Waals surface area contributed by atoms with Crippen LogP contribution in [0.15, 0.2) is 30.3 Å². The number of hydrogen-bond acceptors (Lipinski definition) is 2. The summed E-state index contributed by atoms with van der Waals surface area (Å²) in [4.78, 5) is 0. The van der Waals surface area contributed by atoms with Crippen molar-refractivity contribution in [2.24, 2.45) is 0 Å². The van der Waals surface area contributed by atoms with Crippen molar-refractivity contribution in [1.29, 1.82) is 5.26 Å². The predicted octanol–water partition coefficient (Wildman–Crippen LogP) is 2.73. The van der Waals surface area contributed by atoms with Crippen LogP contribution in [0.2, 0.25) is 0 Å². The first-order valence-corrected chi connectivity index (χ1v) is 4.35. The molecule has 0 fully saturated rings. The average Bonchev–Trinajstić information content (AvgIpc) is 2.23. The van der Waals surface area contributed by atoms with Gasteiger partial charge in [-0.1, -0.05) is 12.1 Å². The molecule has 0 saturated carbocycles. The smallest absolute Gasteiger partial charge is 0.126 e. The number of phenolic OH excluding ortho intramolecular Hbond substituents is 1. The van der Waals surface area contributed by atoms with Crippen LogP contribution < -0.4 is 0 Å². The molecule has 0 heterocycles. The molecule has 2 rings (SSSR count). The van der Waals surface area contributed by atoms with E-state index in [2.05, 4.69) is 6.07 Å². The molecule has 0 aliphatic heterocycles. The zero-order chi connectivity index (χ0) is 10.1. The van der Waals surface area contributed by atoms with Crippen LogP contribution in [0.5, 0.6) is 5.75 Å². The maximum absolute atomic E-state index is 9.74. The highest BCUT2D eigenvalue weighted by Gasteiger charge is 2.02. The van der Waals surface area contributed by atoms with E-state index >= 15 is 0 Å². The number of hydrogen-bond donors (Lipinski definition) is 1. The van der Waals surface area contributed by atoms with Crippen LogP contribution in [-0.4, -0.2) is 5.11 Å². The minimum atomic E-state index is 0.298. The van der Waals surface area contributed by atoms with E-state index in [4.69, 9.17) is 5.26 Å². The van der Waals surface area contributed by atoms with Gasteiger partial charge in [0, 0.05) is 5.39 Å². The number of nitrogens with zero attached hydrogens (tertiary/aromatic N) is 1. The number of aromatic hydroxyl groups is 1. The number of rotatable bonds is 0. The van der Waals surface area contributed by atoms with Crippen LogP contribution >= 0.6 is 0 Å². The van der Waals surface area contributed by atoms with Crippen LogP contribution in [0.1, 0.15) is 11.1 Å².